The van der Waals surface area contributed by atoms with Crippen molar-refractivity contribution in [3.63, 3.8) is 0 Å². The van der Waals surface area contributed by atoms with Crippen LogP contribution in [0.1, 0.15) is 28.8 Å². The number of carbonyl (C=O) groups is 1. The van der Waals surface area contributed by atoms with Crippen LogP contribution in [0.15, 0.2) is 77.7 Å². The monoisotopic (exact) mass is 473 g/mol. The van der Waals surface area contributed by atoms with E-state index in [2.05, 4.69) is 0 Å². The number of hydrogen-bond donors (Lipinski definition) is 0. The van der Waals surface area contributed by atoms with Gasteiger partial charge < -0.3 is 9.08 Å². The predicted octanol–water partition coefficient (Wildman–Crippen LogP) is 5.30. The minimum absolute atomic E-state index is 0.114. The Morgan fingerprint density at radius 2 is 1.75 bits per heavy atom. The van der Waals surface area contributed by atoms with E-state index in [0.717, 1.165) is 42.7 Å². The van der Waals surface area contributed by atoms with E-state index in [1.807, 2.05) is 0 Å². The lowest BCUT2D eigenvalue weighted by atomic mass is 10.1. The molecule has 0 unspecified atom stereocenters. The first-order valence-corrected chi connectivity index (χ1v) is 11.9. The summed E-state index contributed by atoms with van der Waals surface area (Å²) >= 11 is 6.23. The number of rotatable bonds is 8. The fourth-order valence-corrected chi connectivity index (χ4v) is 4.47. The Labute approximate surface area is 191 Å². The third-order valence-electron chi connectivity index (χ3n) is 5.15. The predicted molar refractivity (Wildman–Crippen MR) is 120 cm³/mol. The Bertz CT molecular complexity index is 1230. The average molecular weight is 474 g/mol. The maximum Gasteiger partial charge on any atom is 0.339 e. The Morgan fingerprint density at radius 1 is 1.03 bits per heavy atom. The first-order chi connectivity index (χ1) is 15.3. The Morgan fingerprint density at radius 3 is 2.44 bits per heavy atom. The minimum atomic E-state index is -4.11. The Kier molecular flexibility index (Phi) is 6.48. The normalized spacial score (nSPS) is 13.6. The fraction of sp³-hybridized carbons (Fsp3) is 0.208. The summed E-state index contributed by atoms with van der Waals surface area (Å²) in [6.45, 7) is 0.886. The van der Waals surface area contributed by atoms with E-state index in [1.54, 1.807) is 47.4 Å². The second-order valence-electron chi connectivity index (χ2n) is 7.75. The lowest BCUT2D eigenvalue weighted by Crippen LogP contribution is -2.32. The number of nitrogens with zero attached hydrogens (tertiary/aromatic N) is 1. The highest BCUT2D eigenvalue weighted by molar-refractivity contribution is 7.87. The zero-order chi connectivity index (χ0) is 22.7. The smallest absolute Gasteiger partial charge is 0.339 e. The van der Waals surface area contributed by atoms with Crippen molar-refractivity contribution in [1.82, 2.24) is 4.90 Å². The Balaban J connectivity index is 1.54. The summed E-state index contributed by atoms with van der Waals surface area (Å²) in [5.41, 5.74) is 1.15. The quantitative estimate of drug-likeness (QED) is 0.416. The van der Waals surface area contributed by atoms with Gasteiger partial charge in [0, 0.05) is 13.1 Å². The molecule has 0 radical (unpaired) electrons. The first kappa shape index (κ1) is 22.3. The number of amides is 1. The molecule has 1 amide bonds. The second kappa shape index (κ2) is 9.30. The van der Waals surface area contributed by atoms with Gasteiger partial charge in [0.25, 0.3) is 5.91 Å². The van der Waals surface area contributed by atoms with E-state index >= 15 is 0 Å². The molecule has 0 aromatic heterocycles. The molecule has 3 aromatic carbocycles. The SMILES string of the molecule is O=C(c1ccccc1Cl)N(Cc1cccc(OS(=O)(=O)c2ccc(F)cc2)c1)CC1CC1. The van der Waals surface area contributed by atoms with Crippen LogP contribution in [0, 0.1) is 11.7 Å². The molecule has 1 aliphatic carbocycles. The molecule has 32 heavy (non-hydrogen) atoms. The maximum absolute atomic E-state index is 13.1. The van der Waals surface area contributed by atoms with Gasteiger partial charge in [-0.15, -0.1) is 0 Å². The van der Waals surface area contributed by atoms with Crippen LogP contribution in [0.5, 0.6) is 5.75 Å². The zero-order valence-corrected chi connectivity index (χ0v) is 18.7. The summed E-state index contributed by atoms with van der Waals surface area (Å²) in [5.74, 6) is -0.138. The van der Waals surface area contributed by atoms with Crippen LogP contribution in [-0.2, 0) is 16.7 Å². The molecule has 0 N–H and O–H groups in total. The van der Waals surface area contributed by atoms with Gasteiger partial charge in [-0.2, -0.15) is 8.42 Å². The molecule has 0 heterocycles. The van der Waals surface area contributed by atoms with E-state index in [4.69, 9.17) is 15.8 Å². The van der Waals surface area contributed by atoms with Gasteiger partial charge in [-0.1, -0.05) is 35.9 Å². The van der Waals surface area contributed by atoms with Gasteiger partial charge in [-0.25, -0.2) is 4.39 Å². The van der Waals surface area contributed by atoms with Crippen molar-refractivity contribution in [1.29, 1.82) is 0 Å². The van der Waals surface area contributed by atoms with Gasteiger partial charge in [0.2, 0.25) is 0 Å². The zero-order valence-electron chi connectivity index (χ0n) is 17.1. The Hall–Kier alpha value is -2.90. The fourth-order valence-electron chi connectivity index (χ4n) is 3.33. The van der Waals surface area contributed by atoms with Crippen molar-refractivity contribution >= 4 is 27.6 Å². The van der Waals surface area contributed by atoms with Crippen molar-refractivity contribution in [2.45, 2.75) is 24.3 Å². The molecular formula is C24H21ClFNO4S. The summed E-state index contributed by atoms with van der Waals surface area (Å²) in [6, 6.07) is 17.9. The van der Waals surface area contributed by atoms with Gasteiger partial charge >= 0.3 is 10.1 Å². The van der Waals surface area contributed by atoms with Crippen LogP contribution in [0.25, 0.3) is 0 Å². The molecule has 4 rings (SSSR count). The second-order valence-corrected chi connectivity index (χ2v) is 9.70. The van der Waals surface area contributed by atoms with Crippen molar-refractivity contribution < 1.29 is 21.8 Å². The molecule has 0 atom stereocenters. The van der Waals surface area contributed by atoms with Crippen molar-refractivity contribution in [3.05, 3.63) is 94.8 Å². The van der Waals surface area contributed by atoms with Crippen LogP contribution >= 0.6 is 11.6 Å². The maximum atomic E-state index is 13.1. The molecule has 8 heteroatoms. The molecule has 0 saturated heterocycles. The molecule has 166 valence electrons. The molecule has 1 fully saturated rings. The molecule has 1 aliphatic rings. The number of hydrogen-bond acceptors (Lipinski definition) is 4. The van der Waals surface area contributed by atoms with Gasteiger partial charge in [0.1, 0.15) is 16.5 Å². The average Bonchev–Trinajstić information content (AvgIpc) is 3.57. The molecule has 0 aliphatic heterocycles. The van der Waals surface area contributed by atoms with Crippen LogP contribution in [0.2, 0.25) is 5.02 Å². The number of benzene rings is 3. The summed E-state index contributed by atoms with van der Waals surface area (Å²) in [6.07, 6.45) is 2.15. The number of carbonyl (C=O) groups excluding carboxylic acids is 1. The van der Waals surface area contributed by atoms with E-state index in [-0.39, 0.29) is 23.1 Å². The lowest BCUT2D eigenvalue weighted by molar-refractivity contribution is 0.0735. The lowest BCUT2D eigenvalue weighted by Gasteiger charge is -2.23. The highest BCUT2D eigenvalue weighted by Crippen LogP contribution is 2.31. The summed E-state index contributed by atoms with van der Waals surface area (Å²) in [4.78, 5) is 14.7. The van der Waals surface area contributed by atoms with Crippen LogP contribution in [0.3, 0.4) is 0 Å². The molecule has 0 spiro atoms. The van der Waals surface area contributed by atoms with Crippen molar-refractivity contribution in [2.24, 2.45) is 5.92 Å². The van der Waals surface area contributed by atoms with Crippen LogP contribution < -0.4 is 4.18 Å². The summed E-state index contributed by atoms with van der Waals surface area (Å²) in [5, 5.41) is 0.390. The van der Waals surface area contributed by atoms with Crippen LogP contribution in [-0.4, -0.2) is 25.8 Å². The summed E-state index contributed by atoms with van der Waals surface area (Å²) < 4.78 is 43.4. The summed E-state index contributed by atoms with van der Waals surface area (Å²) in [7, 11) is -4.11. The van der Waals surface area contributed by atoms with E-state index in [1.165, 1.54) is 6.07 Å². The number of halogens is 2. The van der Waals surface area contributed by atoms with E-state index < -0.39 is 15.9 Å². The van der Waals surface area contributed by atoms with Gasteiger partial charge in [0.05, 0.1) is 10.6 Å². The topological polar surface area (TPSA) is 63.7 Å². The van der Waals surface area contributed by atoms with Gasteiger partial charge in [0.15, 0.2) is 0 Å². The largest absolute Gasteiger partial charge is 0.379 e. The van der Waals surface area contributed by atoms with Crippen molar-refractivity contribution in [2.75, 3.05) is 6.54 Å². The van der Waals surface area contributed by atoms with E-state index in [9.17, 15) is 17.6 Å². The van der Waals surface area contributed by atoms with E-state index in [0.29, 0.717) is 23.0 Å². The molecular weight excluding hydrogens is 453 g/mol. The van der Waals surface area contributed by atoms with Crippen LogP contribution in [0.4, 0.5) is 4.39 Å². The molecule has 1 saturated carbocycles. The third kappa shape index (κ3) is 5.47. The van der Waals surface area contributed by atoms with Crippen molar-refractivity contribution in [3.8, 4) is 5.75 Å². The molecule has 0 bridgehead atoms. The molecule has 5 nitrogen and oxygen atoms in total. The van der Waals surface area contributed by atoms with Gasteiger partial charge in [-0.05, 0) is 72.9 Å². The highest BCUT2D eigenvalue weighted by atomic mass is 35.5. The third-order valence-corrected chi connectivity index (χ3v) is 6.74. The minimum Gasteiger partial charge on any atom is -0.379 e. The highest BCUT2D eigenvalue weighted by Gasteiger charge is 2.28. The first-order valence-electron chi connectivity index (χ1n) is 10.1. The standard InChI is InChI=1S/C24H21ClFNO4S/c25-23-7-2-1-6-22(23)24(28)27(15-17-8-9-17)16-18-4-3-5-20(14-18)31-32(29,30)21-12-10-19(26)11-13-21/h1-7,10-14,17H,8-9,15-16H2. The van der Waals surface area contributed by atoms with Gasteiger partial charge in [-0.3, -0.25) is 4.79 Å². The molecule has 3 aromatic rings.